The number of amides is 2. The lowest BCUT2D eigenvalue weighted by molar-refractivity contribution is -0.145. The number of β-amino-alcohol motifs (C(OH)–C–C–N with tert-alkyl or cyclic N) is 2. The predicted octanol–water partition coefficient (Wildman–Crippen LogP) is -1.55. The molecule has 0 aliphatic carbocycles. The third kappa shape index (κ3) is 1.37. The molecule has 4 N–H and O–H groups in total. The van der Waals surface area contributed by atoms with Gasteiger partial charge in [-0.1, -0.05) is 0 Å². The van der Waals surface area contributed by atoms with E-state index in [2.05, 4.69) is 0 Å². The van der Waals surface area contributed by atoms with E-state index in [4.69, 9.17) is 15.9 Å². The molecule has 0 aromatic rings. The average Bonchev–Trinajstić information content (AvgIpc) is 2.10. The van der Waals surface area contributed by atoms with Gasteiger partial charge >= 0.3 is 6.03 Å². The van der Waals surface area contributed by atoms with E-state index >= 15 is 0 Å². The predicted molar refractivity (Wildman–Crippen MR) is 32.9 cm³/mol. The van der Waals surface area contributed by atoms with Gasteiger partial charge in [0.25, 0.3) is 0 Å². The van der Waals surface area contributed by atoms with Crippen LogP contribution in [0.15, 0.2) is 0 Å². The molecule has 1 heterocycles. The molecule has 5 nitrogen and oxygen atoms in total. The minimum Gasteiger partial charge on any atom is -0.364 e. The van der Waals surface area contributed by atoms with Crippen molar-refractivity contribution in [3.8, 4) is 0 Å². The summed E-state index contributed by atoms with van der Waals surface area (Å²) < 4.78 is 0. The Morgan fingerprint density at radius 3 is 2.40 bits per heavy atom. The number of carbonyl (C=O) groups excluding carboxylic acids is 1. The van der Waals surface area contributed by atoms with Crippen molar-refractivity contribution < 1.29 is 15.0 Å². The maximum atomic E-state index is 10.4. The summed E-state index contributed by atoms with van der Waals surface area (Å²) in [5.74, 6) is -1.73. The number of primary amides is 1. The molecule has 1 rings (SSSR count). The standard InChI is InChI=1S/C5H10N2O3/c6-4(8)7-2-1-5(9,10)3-7/h9-10H,1-3H2,(H2,6,8). The Hall–Kier alpha value is -0.810. The molecule has 0 aromatic heterocycles. The van der Waals surface area contributed by atoms with Crippen molar-refractivity contribution in [3.05, 3.63) is 0 Å². The summed E-state index contributed by atoms with van der Waals surface area (Å²) in [4.78, 5) is 11.6. The van der Waals surface area contributed by atoms with Gasteiger partial charge in [0.05, 0.1) is 6.54 Å². The first-order valence-corrected chi connectivity index (χ1v) is 3.00. The molecule has 10 heavy (non-hydrogen) atoms. The van der Waals surface area contributed by atoms with Gasteiger partial charge < -0.3 is 20.8 Å². The zero-order chi connectivity index (χ0) is 7.78. The number of likely N-dealkylation sites (tertiary alicyclic amines) is 1. The number of nitrogens with two attached hydrogens (primary N) is 1. The van der Waals surface area contributed by atoms with Crippen LogP contribution < -0.4 is 5.73 Å². The summed E-state index contributed by atoms with van der Waals surface area (Å²) in [6.45, 7) is 0.241. The van der Waals surface area contributed by atoms with E-state index in [-0.39, 0.29) is 13.0 Å². The molecule has 0 aromatic carbocycles. The van der Waals surface area contributed by atoms with Crippen LogP contribution in [0.5, 0.6) is 0 Å². The number of aliphatic hydroxyl groups is 2. The fourth-order valence-electron chi connectivity index (χ4n) is 0.966. The molecule has 0 radical (unpaired) electrons. The zero-order valence-electron chi connectivity index (χ0n) is 5.45. The largest absolute Gasteiger partial charge is 0.364 e. The number of nitrogens with zero attached hydrogens (tertiary/aromatic N) is 1. The van der Waals surface area contributed by atoms with Crippen LogP contribution in [0.1, 0.15) is 6.42 Å². The van der Waals surface area contributed by atoms with Crippen molar-refractivity contribution in [1.82, 2.24) is 4.90 Å². The summed E-state index contributed by atoms with van der Waals surface area (Å²) in [6, 6.07) is -0.607. The second kappa shape index (κ2) is 2.10. The van der Waals surface area contributed by atoms with Gasteiger partial charge in [0.1, 0.15) is 0 Å². The SMILES string of the molecule is NC(=O)N1CCC(O)(O)C1. The van der Waals surface area contributed by atoms with Crippen molar-refractivity contribution >= 4 is 6.03 Å². The maximum absolute atomic E-state index is 10.4. The summed E-state index contributed by atoms with van der Waals surface area (Å²) in [5, 5.41) is 17.8. The Kier molecular flexibility index (Phi) is 1.53. The van der Waals surface area contributed by atoms with Gasteiger partial charge in [-0.2, -0.15) is 0 Å². The van der Waals surface area contributed by atoms with Crippen LogP contribution in [0.4, 0.5) is 4.79 Å². The highest BCUT2D eigenvalue weighted by Crippen LogP contribution is 2.16. The highest BCUT2D eigenvalue weighted by atomic mass is 16.5. The Labute approximate surface area is 58.0 Å². The third-order valence-electron chi connectivity index (χ3n) is 1.54. The first kappa shape index (κ1) is 7.30. The number of rotatable bonds is 0. The number of urea groups is 1. The molecule has 1 fully saturated rings. The molecule has 0 spiro atoms. The van der Waals surface area contributed by atoms with Gasteiger partial charge in [-0.15, -0.1) is 0 Å². The molecule has 2 amide bonds. The minimum atomic E-state index is -1.73. The Balaban J connectivity index is 2.51. The second-order valence-electron chi connectivity index (χ2n) is 2.49. The normalized spacial score (nSPS) is 23.2. The van der Waals surface area contributed by atoms with E-state index in [0.29, 0.717) is 6.54 Å². The van der Waals surface area contributed by atoms with E-state index in [1.807, 2.05) is 0 Å². The maximum Gasteiger partial charge on any atom is 0.314 e. The van der Waals surface area contributed by atoms with Crippen LogP contribution >= 0.6 is 0 Å². The van der Waals surface area contributed by atoms with Gasteiger partial charge in [0.2, 0.25) is 0 Å². The van der Waals surface area contributed by atoms with Gasteiger partial charge in [-0.25, -0.2) is 4.79 Å². The van der Waals surface area contributed by atoms with E-state index < -0.39 is 11.8 Å². The molecule has 1 saturated heterocycles. The van der Waals surface area contributed by atoms with Crippen LogP contribution in [0.3, 0.4) is 0 Å². The molecule has 0 atom stereocenters. The molecule has 0 bridgehead atoms. The van der Waals surface area contributed by atoms with Crippen LogP contribution in [-0.4, -0.2) is 40.0 Å². The first-order chi connectivity index (χ1) is 4.51. The van der Waals surface area contributed by atoms with Crippen LogP contribution in [0.2, 0.25) is 0 Å². The average molecular weight is 146 g/mol. The summed E-state index contributed by atoms with van der Waals surface area (Å²) in [6.07, 6.45) is 0.177. The highest BCUT2D eigenvalue weighted by Gasteiger charge is 2.35. The molecule has 1 aliphatic rings. The molecule has 58 valence electrons. The third-order valence-corrected chi connectivity index (χ3v) is 1.54. The highest BCUT2D eigenvalue weighted by molar-refractivity contribution is 5.72. The summed E-state index contributed by atoms with van der Waals surface area (Å²) in [5.41, 5.74) is 4.88. The molecule has 5 heteroatoms. The quantitative estimate of drug-likeness (QED) is 0.362. The Bertz CT molecular complexity index is 157. The van der Waals surface area contributed by atoms with Crippen molar-refractivity contribution in [3.63, 3.8) is 0 Å². The van der Waals surface area contributed by atoms with Crippen LogP contribution in [-0.2, 0) is 0 Å². The molecule has 0 saturated carbocycles. The van der Waals surface area contributed by atoms with Crippen molar-refractivity contribution in [1.29, 1.82) is 0 Å². The smallest absolute Gasteiger partial charge is 0.314 e. The minimum absolute atomic E-state index is 0.0810. The van der Waals surface area contributed by atoms with Gasteiger partial charge in [-0.3, -0.25) is 0 Å². The lowest BCUT2D eigenvalue weighted by atomic mass is 10.3. The van der Waals surface area contributed by atoms with Gasteiger partial charge in [0.15, 0.2) is 5.79 Å². The van der Waals surface area contributed by atoms with E-state index in [1.54, 1.807) is 0 Å². The number of hydrogen-bond acceptors (Lipinski definition) is 3. The van der Waals surface area contributed by atoms with Crippen LogP contribution in [0, 0.1) is 0 Å². The number of hydrogen-bond donors (Lipinski definition) is 3. The zero-order valence-corrected chi connectivity index (χ0v) is 5.45. The lowest BCUT2D eigenvalue weighted by Gasteiger charge is -2.15. The fraction of sp³-hybridized carbons (Fsp3) is 0.800. The first-order valence-electron chi connectivity index (χ1n) is 3.00. The van der Waals surface area contributed by atoms with E-state index in [1.165, 1.54) is 4.90 Å². The molecular formula is C5H10N2O3. The summed E-state index contributed by atoms with van der Waals surface area (Å²) >= 11 is 0. The van der Waals surface area contributed by atoms with E-state index in [0.717, 1.165) is 0 Å². The molecule has 1 aliphatic heterocycles. The Morgan fingerprint density at radius 2 is 2.20 bits per heavy atom. The molecule has 0 unspecified atom stereocenters. The molecular weight excluding hydrogens is 136 g/mol. The van der Waals surface area contributed by atoms with Crippen molar-refractivity contribution in [2.45, 2.75) is 12.2 Å². The van der Waals surface area contributed by atoms with E-state index in [9.17, 15) is 4.79 Å². The van der Waals surface area contributed by atoms with Crippen molar-refractivity contribution in [2.75, 3.05) is 13.1 Å². The summed E-state index contributed by atoms with van der Waals surface area (Å²) in [7, 11) is 0. The van der Waals surface area contributed by atoms with Gasteiger partial charge in [-0.05, 0) is 0 Å². The van der Waals surface area contributed by atoms with Crippen molar-refractivity contribution in [2.24, 2.45) is 5.73 Å². The monoisotopic (exact) mass is 146 g/mol. The second-order valence-corrected chi connectivity index (χ2v) is 2.49. The fourth-order valence-corrected chi connectivity index (χ4v) is 0.966. The van der Waals surface area contributed by atoms with Crippen LogP contribution in [0.25, 0.3) is 0 Å². The number of carbonyl (C=O) groups is 1. The van der Waals surface area contributed by atoms with Gasteiger partial charge in [0, 0.05) is 13.0 Å². The lowest BCUT2D eigenvalue weighted by Crippen LogP contribution is -2.38. The Morgan fingerprint density at radius 1 is 1.60 bits per heavy atom. The topological polar surface area (TPSA) is 86.8 Å².